The fraction of sp³-hybridized carbons (Fsp3) is 0.600. The molecule has 0 spiro atoms. The maximum atomic E-state index is 11.7. The zero-order valence-electron chi connectivity index (χ0n) is 8.96. The van der Waals surface area contributed by atoms with Gasteiger partial charge in [-0.2, -0.15) is 5.10 Å². The minimum absolute atomic E-state index is 0.0367. The van der Waals surface area contributed by atoms with Gasteiger partial charge in [0, 0.05) is 32.1 Å². The van der Waals surface area contributed by atoms with Crippen LogP contribution in [-0.4, -0.2) is 45.4 Å². The van der Waals surface area contributed by atoms with E-state index in [9.17, 15) is 4.79 Å². The number of aliphatic hydroxyl groups is 1. The molecule has 0 saturated carbocycles. The first-order valence-corrected chi connectivity index (χ1v) is 5.14. The van der Waals surface area contributed by atoms with Crippen LogP contribution in [-0.2, 0) is 11.3 Å². The van der Waals surface area contributed by atoms with E-state index in [0.29, 0.717) is 19.5 Å². The van der Waals surface area contributed by atoms with Crippen LogP contribution in [0.25, 0.3) is 0 Å². The molecule has 0 atom stereocenters. The summed E-state index contributed by atoms with van der Waals surface area (Å²) >= 11 is 0. The zero-order valence-corrected chi connectivity index (χ0v) is 8.96. The van der Waals surface area contributed by atoms with Gasteiger partial charge in [-0.15, -0.1) is 0 Å². The van der Waals surface area contributed by atoms with Gasteiger partial charge in [0.05, 0.1) is 0 Å². The van der Waals surface area contributed by atoms with Crippen LogP contribution in [0.1, 0.15) is 13.3 Å². The second-order valence-corrected chi connectivity index (χ2v) is 3.25. The zero-order chi connectivity index (χ0) is 11.1. The van der Waals surface area contributed by atoms with Crippen LogP contribution in [0.15, 0.2) is 18.5 Å². The molecule has 0 aliphatic carbocycles. The summed E-state index contributed by atoms with van der Waals surface area (Å²) in [5, 5.41) is 12.7. The largest absolute Gasteiger partial charge is 0.396 e. The van der Waals surface area contributed by atoms with Crippen molar-refractivity contribution in [2.24, 2.45) is 0 Å². The normalized spacial score (nSPS) is 10.3. The molecule has 1 amide bonds. The maximum absolute atomic E-state index is 11.7. The van der Waals surface area contributed by atoms with Crippen molar-refractivity contribution >= 4 is 5.91 Å². The van der Waals surface area contributed by atoms with Crippen molar-refractivity contribution in [2.75, 3.05) is 19.7 Å². The van der Waals surface area contributed by atoms with Gasteiger partial charge >= 0.3 is 0 Å². The number of carbonyl (C=O) groups excluding carboxylic acids is 1. The van der Waals surface area contributed by atoms with Crippen LogP contribution in [0.3, 0.4) is 0 Å². The Balaban J connectivity index is 2.43. The molecule has 0 unspecified atom stereocenters. The van der Waals surface area contributed by atoms with Crippen LogP contribution < -0.4 is 0 Å². The third kappa shape index (κ3) is 3.71. The number of carbonyl (C=O) groups is 1. The van der Waals surface area contributed by atoms with Crippen LogP contribution in [0.5, 0.6) is 0 Å². The van der Waals surface area contributed by atoms with E-state index in [1.165, 1.54) is 0 Å². The van der Waals surface area contributed by atoms with E-state index in [1.54, 1.807) is 28.0 Å². The molecule has 84 valence electrons. The SMILES string of the molecule is CCN(CCCO)C(=O)Cn1cccn1. The molecule has 1 N–H and O–H groups in total. The second kappa shape index (κ2) is 6.19. The molecule has 1 heterocycles. The van der Waals surface area contributed by atoms with Crippen LogP contribution in [0.2, 0.25) is 0 Å². The van der Waals surface area contributed by atoms with Gasteiger partial charge in [-0.1, -0.05) is 0 Å². The molecule has 1 aromatic rings. The molecular formula is C10H17N3O2. The number of aromatic nitrogens is 2. The maximum Gasteiger partial charge on any atom is 0.244 e. The van der Waals surface area contributed by atoms with Crippen molar-refractivity contribution in [1.29, 1.82) is 0 Å². The van der Waals surface area contributed by atoms with Gasteiger partial charge in [-0.05, 0) is 19.4 Å². The highest BCUT2D eigenvalue weighted by Crippen LogP contribution is 1.95. The van der Waals surface area contributed by atoms with Gasteiger partial charge in [0.15, 0.2) is 0 Å². The lowest BCUT2D eigenvalue weighted by molar-refractivity contribution is -0.132. The summed E-state index contributed by atoms with van der Waals surface area (Å²) < 4.78 is 1.60. The first kappa shape index (κ1) is 11.7. The summed E-state index contributed by atoms with van der Waals surface area (Å²) in [7, 11) is 0. The fourth-order valence-electron chi connectivity index (χ4n) is 1.35. The molecule has 5 nitrogen and oxygen atoms in total. The molecule has 1 rings (SSSR count). The van der Waals surface area contributed by atoms with E-state index in [2.05, 4.69) is 5.10 Å². The standard InChI is InChI=1S/C10H17N3O2/c1-2-12(6-4-8-14)10(15)9-13-7-3-5-11-13/h3,5,7,14H,2,4,6,8-9H2,1H3. The average molecular weight is 211 g/mol. The van der Waals surface area contributed by atoms with E-state index in [0.717, 1.165) is 0 Å². The molecule has 0 aliphatic rings. The first-order chi connectivity index (χ1) is 7.27. The van der Waals surface area contributed by atoms with Crippen molar-refractivity contribution in [3.63, 3.8) is 0 Å². The monoisotopic (exact) mass is 211 g/mol. The minimum Gasteiger partial charge on any atom is -0.396 e. The molecule has 0 aliphatic heterocycles. The average Bonchev–Trinajstić information content (AvgIpc) is 2.71. The van der Waals surface area contributed by atoms with Gasteiger partial charge in [-0.25, -0.2) is 0 Å². The van der Waals surface area contributed by atoms with Gasteiger partial charge in [0.25, 0.3) is 0 Å². The Morgan fingerprint density at radius 2 is 2.40 bits per heavy atom. The summed E-state index contributed by atoms with van der Waals surface area (Å²) in [6, 6.07) is 1.79. The van der Waals surface area contributed by atoms with Gasteiger partial charge in [0.1, 0.15) is 6.54 Å². The van der Waals surface area contributed by atoms with E-state index in [-0.39, 0.29) is 19.1 Å². The summed E-state index contributed by atoms with van der Waals surface area (Å²) in [4.78, 5) is 13.5. The summed E-state index contributed by atoms with van der Waals surface area (Å²) in [6.07, 6.45) is 4.04. The Labute approximate surface area is 89.3 Å². The van der Waals surface area contributed by atoms with Crippen molar-refractivity contribution < 1.29 is 9.90 Å². The number of amides is 1. The highest BCUT2D eigenvalue weighted by molar-refractivity contribution is 5.75. The number of likely N-dealkylation sites (N-methyl/N-ethyl adjacent to an activating group) is 1. The lowest BCUT2D eigenvalue weighted by Gasteiger charge is -2.20. The highest BCUT2D eigenvalue weighted by Gasteiger charge is 2.11. The van der Waals surface area contributed by atoms with E-state index < -0.39 is 0 Å². The molecule has 0 fully saturated rings. The Kier molecular flexibility index (Phi) is 4.83. The summed E-state index contributed by atoms with van der Waals surface area (Å²) in [5.74, 6) is 0.0367. The lowest BCUT2D eigenvalue weighted by Crippen LogP contribution is -2.35. The molecule has 1 aromatic heterocycles. The third-order valence-electron chi connectivity index (χ3n) is 2.18. The molecule has 0 saturated heterocycles. The Bertz CT molecular complexity index is 285. The Morgan fingerprint density at radius 3 is 2.93 bits per heavy atom. The predicted molar refractivity (Wildman–Crippen MR) is 56.2 cm³/mol. The van der Waals surface area contributed by atoms with Crippen LogP contribution in [0, 0.1) is 0 Å². The van der Waals surface area contributed by atoms with E-state index in [4.69, 9.17) is 5.11 Å². The van der Waals surface area contributed by atoms with Gasteiger partial charge < -0.3 is 10.0 Å². The van der Waals surface area contributed by atoms with Crippen LogP contribution in [0.4, 0.5) is 0 Å². The van der Waals surface area contributed by atoms with Gasteiger partial charge in [0.2, 0.25) is 5.91 Å². The fourth-order valence-corrected chi connectivity index (χ4v) is 1.35. The van der Waals surface area contributed by atoms with Crippen molar-refractivity contribution in [1.82, 2.24) is 14.7 Å². The third-order valence-corrected chi connectivity index (χ3v) is 2.18. The Hall–Kier alpha value is -1.36. The van der Waals surface area contributed by atoms with Crippen molar-refractivity contribution in [2.45, 2.75) is 19.9 Å². The molecule has 15 heavy (non-hydrogen) atoms. The number of rotatable bonds is 6. The van der Waals surface area contributed by atoms with Crippen molar-refractivity contribution in [3.05, 3.63) is 18.5 Å². The molecule has 5 heteroatoms. The number of aliphatic hydroxyl groups excluding tert-OH is 1. The number of hydrogen-bond acceptors (Lipinski definition) is 3. The molecule has 0 aromatic carbocycles. The Morgan fingerprint density at radius 1 is 1.60 bits per heavy atom. The summed E-state index contributed by atoms with van der Waals surface area (Å²) in [5.41, 5.74) is 0. The summed E-state index contributed by atoms with van der Waals surface area (Å²) in [6.45, 7) is 3.59. The minimum atomic E-state index is 0.0367. The second-order valence-electron chi connectivity index (χ2n) is 3.25. The van der Waals surface area contributed by atoms with Crippen LogP contribution >= 0.6 is 0 Å². The van der Waals surface area contributed by atoms with Crippen molar-refractivity contribution in [3.8, 4) is 0 Å². The lowest BCUT2D eigenvalue weighted by atomic mass is 10.3. The predicted octanol–water partition coefficient (Wildman–Crippen LogP) is 0.114. The quantitative estimate of drug-likeness (QED) is 0.726. The highest BCUT2D eigenvalue weighted by atomic mass is 16.3. The van der Waals surface area contributed by atoms with E-state index >= 15 is 0 Å². The molecule has 0 radical (unpaired) electrons. The smallest absolute Gasteiger partial charge is 0.244 e. The number of hydrogen-bond donors (Lipinski definition) is 1. The van der Waals surface area contributed by atoms with E-state index in [1.807, 2.05) is 6.92 Å². The topological polar surface area (TPSA) is 58.4 Å². The molecule has 0 bridgehead atoms. The number of nitrogens with zero attached hydrogens (tertiary/aromatic N) is 3. The molecular weight excluding hydrogens is 194 g/mol. The first-order valence-electron chi connectivity index (χ1n) is 5.14. The van der Waals surface area contributed by atoms with Gasteiger partial charge in [-0.3, -0.25) is 9.48 Å².